The third kappa shape index (κ3) is 5.80. The van der Waals surface area contributed by atoms with Crippen molar-refractivity contribution in [2.75, 3.05) is 20.7 Å². The van der Waals surface area contributed by atoms with Crippen LogP contribution in [0.2, 0.25) is 0 Å². The topological polar surface area (TPSA) is 51.4 Å². The average molecular weight is 405 g/mol. The molecule has 29 heavy (non-hydrogen) atoms. The van der Waals surface area contributed by atoms with Crippen LogP contribution in [0.4, 0.5) is 13.2 Å². The molecule has 1 aromatic heterocycles. The van der Waals surface area contributed by atoms with Gasteiger partial charge in [0.05, 0.1) is 19.2 Å². The molecular formula is C21H22F3N3O2. The second-order valence-corrected chi connectivity index (χ2v) is 6.78. The first-order chi connectivity index (χ1) is 13.8. The second-order valence-electron chi connectivity index (χ2n) is 6.78. The van der Waals surface area contributed by atoms with E-state index in [1.807, 2.05) is 31.3 Å². The van der Waals surface area contributed by atoms with Gasteiger partial charge in [-0.15, -0.1) is 0 Å². The summed E-state index contributed by atoms with van der Waals surface area (Å²) in [7, 11) is 3.60. The summed E-state index contributed by atoms with van der Waals surface area (Å²) in [6.45, 7) is 1.31. The zero-order valence-corrected chi connectivity index (χ0v) is 16.2. The van der Waals surface area contributed by atoms with Crippen LogP contribution in [0.1, 0.15) is 23.4 Å². The highest BCUT2D eigenvalue weighted by Crippen LogP contribution is 2.30. The molecular weight excluding hydrogens is 383 g/mol. The number of rotatable bonds is 8. The van der Waals surface area contributed by atoms with Gasteiger partial charge in [0.25, 0.3) is 0 Å². The van der Waals surface area contributed by atoms with Crippen LogP contribution in [0.15, 0.2) is 53.1 Å². The number of aromatic nitrogens is 2. The van der Waals surface area contributed by atoms with Gasteiger partial charge in [0.2, 0.25) is 11.7 Å². The van der Waals surface area contributed by atoms with Crippen molar-refractivity contribution in [1.29, 1.82) is 0 Å². The second kappa shape index (κ2) is 9.09. The Balaban J connectivity index is 1.50. The molecule has 8 heteroatoms. The Hall–Kier alpha value is -2.87. The summed E-state index contributed by atoms with van der Waals surface area (Å²) < 4.78 is 48.3. The largest absolute Gasteiger partial charge is 0.497 e. The number of alkyl halides is 3. The molecule has 3 aromatic rings. The van der Waals surface area contributed by atoms with E-state index in [2.05, 4.69) is 15.0 Å². The van der Waals surface area contributed by atoms with Crippen molar-refractivity contribution in [2.45, 2.75) is 25.6 Å². The highest BCUT2D eigenvalue weighted by molar-refractivity contribution is 5.54. The molecule has 0 fully saturated rings. The first-order valence-corrected chi connectivity index (χ1v) is 9.17. The molecule has 0 unspecified atom stereocenters. The molecule has 1 heterocycles. The van der Waals surface area contributed by atoms with Crippen LogP contribution >= 0.6 is 0 Å². The molecule has 154 valence electrons. The summed E-state index contributed by atoms with van der Waals surface area (Å²) in [4.78, 5) is 6.35. The van der Waals surface area contributed by atoms with E-state index >= 15 is 0 Å². The smallest absolute Gasteiger partial charge is 0.416 e. The lowest BCUT2D eigenvalue weighted by Gasteiger charge is -2.13. The Morgan fingerprint density at radius 3 is 2.34 bits per heavy atom. The molecule has 0 aliphatic rings. The minimum absolute atomic E-state index is 0.278. The summed E-state index contributed by atoms with van der Waals surface area (Å²) in [6, 6.07) is 12.7. The third-order valence-electron chi connectivity index (χ3n) is 4.51. The van der Waals surface area contributed by atoms with Gasteiger partial charge in [-0.05, 0) is 56.3 Å². The van der Waals surface area contributed by atoms with Gasteiger partial charge in [0, 0.05) is 5.56 Å². The minimum Gasteiger partial charge on any atom is -0.497 e. The van der Waals surface area contributed by atoms with Gasteiger partial charge in [0.15, 0.2) is 0 Å². The molecule has 0 bridgehead atoms. The van der Waals surface area contributed by atoms with Crippen LogP contribution in [0, 0.1) is 0 Å². The first kappa shape index (κ1) is 20.9. The number of methoxy groups -OCH3 is 1. The fourth-order valence-electron chi connectivity index (χ4n) is 2.90. The van der Waals surface area contributed by atoms with E-state index in [4.69, 9.17) is 9.26 Å². The minimum atomic E-state index is -4.37. The zero-order chi connectivity index (χ0) is 20.9. The van der Waals surface area contributed by atoms with E-state index in [1.54, 1.807) is 7.11 Å². The summed E-state index contributed by atoms with van der Waals surface area (Å²) >= 11 is 0. The van der Waals surface area contributed by atoms with Gasteiger partial charge in [-0.25, -0.2) is 0 Å². The lowest BCUT2D eigenvalue weighted by atomic mass is 10.1. The molecule has 0 saturated heterocycles. The first-order valence-electron chi connectivity index (χ1n) is 9.17. The third-order valence-corrected chi connectivity index (χ3v) is 4.51. The molecule has 0 N–H and O–H groups in total. The zero-order valence-electron chi connectivity index (χ0n) is 16.2. The monoisotopic (exact) mass is 405 g/mol. The SMILES string of the molecule is COc1ccc(CCCN(C)Cc2nc(-c3ccc(C(F)(F)F)cc3)no2)cc1. The van der Waals surface area contributed by atoms with Crippen LogP contribution < -0.4 is 4.74 Å². The molecule has 0 saturated carbocycles. The van der Waals surface area contributed by atoms with E-state index in [-0.39, 0.29) is 5.82 Å². The maximum Gasteiger partial charge on any atom is 0.416 e. The van der Waals surface area contributed by atoms with Gasteiger partial charge in [0.1, 0.15) is 5.75 Å². The maximum atomic E-state index is 12.7. The van der Waals surface area contributed by atoms with E-state index in [0.29, 0.717) is 18.0 Å². The Morgan fingerprint density at radius 2 is 1.72 bits per heavy atom. The van der Waals surface area contributed by atoms with Crippen LogP contribution in [0.3, 0.4) is 0 Å². The Morgan fingerprint density at radius 1 is 1.03 bits per heavy atom. The number of aryl methyl sites for hydroxylation is 1. The number of nitrogens with zero attached hydrogens (tertiary/aromatic N) is 3. The molecule has 0 spiro atoms. The van der Waals surface area contributed by atoms with Gasteiger partial charge < -0.3 is 9.26 Å². The highest BCUT2D eigenvalue weighted by atomic mass is 19.4. The molecule has 0 aliphatic heterocycles. The molecule has 0 atom stereocenters. The number of ether oxygens (including phenoxy) is 1. The van der Waals surface area contributed by atoms with Crippen molar-refractivity contribution in [3.8, 4) is 17.1 Å². The van der Waals surface area contributed by atoms with Crippen molar-refractivity contribution in [2.24, 2.45) is 0 Å². The molecule has 5 nitrogen and oxygen atoms in total. The van der Waals surface area contributed by atoms with Crippen LogP contribution in [-0.2, 0) is 19.1 Å². The number of benzene rings is 2. The van der Waals surface area contributed by atoms with Gasteiger partial charge in [-0.3, -0.25) is 4.90 Å². The highest BCUT2D eigenvalue weighted by Gasteiger charge is 2.30. The predicted molar refractivity (Wildman–Crippen MR) is 102 cm³/mol. The number of hydrogen-bond acceptors (Lipinski definition) is 5. The van der Waals surface area contributed by atoms with E-state index in [9.17, 15) is 13.2 Å². The molecule has 3 rings (SSSR count). The van der Waals surface area contributed by atoms with Crippen molar-refractivity contribution in [3.05, 3.63) is 65.5 Å². The predicted octanol–water partition coefficient (Wildman–Crippen LogP) is 4.83. The van der Waals surface area contributed by atoms with Gasteiger partial charge in [-0.1, -0.05) is 29.4 Å². The summed E-state index contributed by atoms with van der Waals surface area (Å²) in [5.41, 5.74) is 1.01. The fourth-order valence-corrected chi connectivity index (χ4v) is 2.90. The standard InChI is InChI=1S/C21H22F3N3O2/c1-27(13-3-4-15-5-11-18(28-2)12-6-15)14-19-25-20(26-29-19)16-7-9-17(10-8-16)21(22,23)24/h5-12H,3-4,13-14H2,1-2H3. The molecule has 2 aromatic carbocycles. The number of halogens is 3. The average Bonchev–Trinajstić information content (AvgIpc) is 3.16. The van der Waals surface area contributed by atoms with Crippen LogP contribution in [0.25, 0.3) is 11.4 Å². The normalized spacial score (nSPS) is 11.8. The van der Waals surface area contributed by atoms with Crippen molar-refractivity contribution in [3.63, 3.8) is 0 Å². The Kier molecular flexibility index (Phi) is 6.53. The van der Waals surface area contributed by atoms with Gasteiger partial charge in [-0.2, -0.15) is 18.2 Å². The molecule has 0 amide bonds. The molecule has 0 aliphatic carbocycles. The van der Waals surface area contributed by atoms with Crippen LogP contribution in [-0.4, -0.2) is 35.7 Å². The quantitative estimate of drug-likeness (QED) is 0.537. The van der Waals surface area contributed by atoms with Gasteiger partial charge >= 0.3 is 6.18 Å². The lowest BCUT2D eigenvalue weighted by Crippen LogP contribution is -2.19. The van der Waals surface area contributed by atoms with E-state index in [1.165, 1.54) is 17.7 Å². The maximum absolute atomic E-state index is 12.7. The van der Waals surface area contributed by atoms with Crippen molar-refractivity contribution in [1.82, 2.24) is 15.0 Å². The summed E-state index contributed by atoms with van der Waals surface area (Å²) in [6.07, 6.45) is -2.47. The van der Waals surface area contributed by atoms with Crippen LogP contribution in [0.5, 0.6) is 5.75 Å². The molecule has 0 radical (unpaired) electrons. The van der Waals surface area contributed by atoms with Crippen molar-refractivity contribution < 1.29 is 22.4 Å². The number of hydrogen-bond donors (Lipinski definition) is 0. The van der Waals surface area contributed by atoms with E-state index < -0.39 is 11.7 Å². The Labute approximate surface area is 167 Å². The van der Waals surface area contributed by atoms with Crippen molar-refractivity contribution >= 4 is 0 Å². The summed E-state index contributed by atoms with van der Waals surface area (Å²) in [5.74, 6) is 1.54. The summed E-state index contributed by atoms with van der Waals surface area (Å²) in [5, 5.41) is 3.87. The fraction of sp³-hybridized carbons (Fsp3) is 0.333. The Bertz CT molecular complexity index is 906. The van der Waals surface area contributed by atoms with E-state index in [0.717, 1.165) is 37.3 Å². The lowest BCUT2D eigenvalue weighted by molar-refractivity contribution is -0.137.